The second-order valence-corrected chi connectivity index (χ2v) is 0.848. The Morgan fingerprint density at radius 3 is 1.80 bits per heavy atom. The summed E-state index contributed by atoms with van der Waals surface area (Å²) in [6.45, 7) is 0. The Balaban J connectivity index is -0.00000000750. The van der Waals surface area contributed by atoms with E-state index in [1.165, 1.54) is 0 Å². The van der Waals surface area contributed by atoms with Crippen LogP contribution in [0.5, 0.6) is 0 Å². The van der Waals surface area contributed by atoms with Gasteiger partial charge in [-0.05, 0) is 0 Å². The Kier molecular flexibility index (Phi) is 9.07. The van der Waals surface area contributed by atoms with Gasteiger partial charge in [-0.15, -0.1) is 0 Å². The van der Waals surface area contributed by atoms with E-state index in [2.05, 4.69) is 0 Å². The molecule has 0 heterocycles. The summed E-state index contributed by atoms with van der Waals surface area (Å²) in [4.78, 5) is 14.3. The van der Waals surface area contributed by atoms with E-state index in [4.69, 9.17) is 14.1 Å². The molecule has 5 heteroatoms. The maximum Gasteiger partial charge on any atom is 2.00 e. The first-order valence-electron chi connectivity index (χ1n) is 0.651. The van der Waals surface area contributed by atoms with Gasteiger partial charge in [0, 0.05) is 0 Å². The van der Waals surface area contributed by atoms with Crippen LogP contribution in [0.15, 0.2) is 0 Å². The molecule has 0 amide bonds. The van der Waals surface area contributed by atoms with Gasteiger partial charge in [-0.1, -0.05) is 0 Å². The average molecular weight is 121 g/mol. The van der Waals surface area contributed by atoms with Crippen LogP contribution in [0.1, 0.15) is 4.28 Å². The second-order valence-electron chi connectivity index (χ2n) is 0.283. The molecule has 0 spiro atoms. The smallest absolute Gasteiger partial charge is 1.00 e. The zero-order valence-corrected chi connectivity index (χ0v) is 5.72. The molecular formula is H5CaO3Si+. The first-order valence-corrected chi connectivity index (χ1v) is 1.95. The minimum Gasteiger partial charge on any atom is -1.00 e. The average Bonchev–Trinajstić information content (AvgIpc) is 0.811. The van der Waals surface area contributed by atoms with Crippen LogP contribution in [0.25, 0.3) is 0 Å². The Morgan fingerprint density at radius 2 is 1.80 bits per heavy atom. The topological polar surface area (TPSA) is 57.5 Å². The minimum atomic E-state index is -3.13. The van der Waals surface area contributed by atoms with E-state index < -0.39 is 9.17 Å². The third kappa shape index (κ3) is 52.5. The van der Waals surface area contributed by atoms with E-state index >= 15 is 0 Å². The van der Waals surface area contributed by atoms with Gasteiger partial charge in [-0.3, -0.25) is 4.46 Å². The van der Waals surface area contributed by atoms with Crippen LogP contribution in [0.4, 0.5) is 0 Å². The van der Waals surface area contributed by atoms with Crippen LogP contribution in [0.3, 0.4) is 0 Å². The summed E-state index contributed by atoms with van der Waals surface area (Å²) in [5, 5.41) is 0. The first-order chi connectivity index (χ1) is 1.73. The normalized spacial score (nSPS) is 4.80. The van der Waals surface area contributed by atoms with Crippen LogP contribution in [-0.4, -0.2) is 56.5 Å². The molecule has 0 aliphatic rings. The Hall–Kier alpha value is 0.877. The predicted molar refractivity (Wildman–Crippen MR) is 20.0 cm³/mol. The van der Waals surface area contributed by atoms with Crippen molar-refractivity contribution >= 4 is 46.9 Å². The molecular weight excluding hydrogens is 116 g/mol. The summed E-state index contributed by atoms with van der Waals surface area (Å²) in [5.41, 5.74) is 0. The van der Waals surface area contributed by atoms with Gasteiger partial charge in [0.05, 0.1) is 0 Å². The van der Waals surface area contributed by atoms with E-state index in [-0.39, 0.29) is 42.0 Å². The third-order valence-corrected chi connectivity index (χ3v) is 0. The number of hydrogen-bond acceptors (Lipinski definition) is 1. The molecule has 0 fully saturated rings. The molecule has 5 heavy (non-hydrogen) atoms. The van der Waals surface area contributed by atoms with E-state index in [9.17, 15) is 0 Å². The van der Waals surface area contributed by atoms with Crippen molar-refractivity contribution in [1.82, 2.24) is 0 Å². The van der Waals surface area contributed by atoms with Gasteiger partial charge in [0.1, 0.15) is 0 Å². The molecule has 28 valence electrons. The third-order valence-electron chi connectivity index (χ3n) is 0. The van der Waals surface area contributed by atoms with Crippen molar-refractivity contribution in [2.75, 3.05) is 0 Å². The number of hydrogen-bond donors (Lipinski definition) is 2. The maximum absolute atomic E-state index is 8.74. The van der Waals surface area contributed by atoms with Gasteiger partial charge in [-0.25, -0.2) is 0 Å². The molecule has 0 aliphatic carbocycles. The summed E-state index contributed by atoms with van der Waals surface area (Å²) < 4.78 is 8.74. The van der Waals surface area contributed by atoms with E-state index in [0.717, 1.165) is 0 Å². The fraction of sp³-hybridized carbons (Fsp3) is 0. The van der Waals surface area contributed by atoms with Crippen molar-refractivity contribution in [1.29, 1.82) is 0 Å². The standard InChI is InChI=1S/Ca.H2O3Si.2H/c;1-4(2)3;;/h;1-2H;;/q+2;;2*-1/p+1. The van der Waals surface area contributed by atoms with Gasteiger partial charge >= 0.3 is 48.3 Å². The Bertz CT molecular complexity index is 37.5. The largest absolute Gasteiger partial charge is 2.00 e. The molecule has 0 aliphatic heterocycles. The Labute approximate surface area is 65.0 Å². The van der Waals surface area contributed by atoms with E-state index in [1.54, 1.807) is 0 Å². The van der Waals surface area contributed by atoms with Crippen LogP contribution < -0.4 is 0 Å². The molecule has 0 unspecified atom stereocenters. The van der Waals surface area contributed by atoms with Crippen LogP contribution in [-0.2, 0) is 4.46 Å². The van der Waals surface area contributed by atoms with Crippen molar-refractivity contribution in [2.45, 2.75) is 0 Å². The quantitative estimate of drug-likeness (QED) is 0.377. The molecule has 3 nitrogen and oxygen atoms in total. The van der Waals surface area contributed by atoms with Gasteiger partial charge in [-0.2, -0.15) is 0 Å². The van der Waals surface area contributed by atoms with Crippen molar-refractivity contribution in [2.24, 2.45) is 0 Å². The van der Waals surface area contributed by atoms with E-state index in [1.807, 2.05) is 0 Å². The van der Waals surface area contributed by atoms with Gasteiger partial charge in [0.15, 0.2) is 0 Å². The molecule has 0 saturated heterocycles. The zero-order valence-electron chi connectivity index (χ0n) is 5.51. The molecule has 0 aromatic rings. The molecule has 2 N–H and O–H groups in total. The second kappa shape index (κ2) is 4.88. The summed E-state index contributed by atoms with van der Waals surface area (Å²) in [7, 11) is -3.13. The van der Waals surface area contributed by atoms with Crippen molar-refractivity contribution < 1.29 is 18.3 Å². The van der Waals surface area contributed by atoms with Gasteiger partial charge in [0.25, 0.3) is 0 Å². The van der Waals surface area contributed by atoms with Gasteiger partial charge in [0.2, 0.25) is 0 Å². The zero-order chi connectivity index (χ0) is 3.58. The fourth-order valence-electron chi connectivity index (χ4n) is 0. The van der Waals surface area contributed by atoms with Crippen molar-refractivity contribution in [3.05, 3.63) is 0 Å². The predicted octanol–water partition coefficient (Wildman–Crippen LogP) is -1.66. The fourth-order valence-corrected chi connectivity index (χ4v) is 0. The van der Waals surface area contributed by atoms with Crippen LogP contribution >= 0.6 is 0 Å². The molecule has 0 rings (SSSR count). The monoisotopic (exact) mass is 121 g/mol. The summed E-state index contributed by atoms with van der Waals surface area (Å²) >= 11 is 0. The van der Waals surface area contributed by atoms with Crippen LogP contribution in [0, 0.1) is 0 Å². The molecule has 0 saturated carbocycles. The first kappa shape index (κ1) is 9.30. The van der Waals surface area contributed by atoms with Crippen molar-refractivity contribution in [3.63, 3.8) is 0 Å². The molecule has 0 aromatic heterocycles. The van der Waals surface area contributed by atoms with E-state index in [0.29, 0.717) is 0 Å². The summed E-state index contributed by atoms with van der Waals surface area (Å²) in [5.74, 6) is 0. The Morgan fingerprint density at radius 1 is 1.80 bits per heavy atom. The summed E-state index contributed by atoms with van der Waals surface area (Å²) in [6, 6.07) is 0. The van der Waals surface area contributed by atoms with Crippen molar-refractivity contribution in [3.8, 4) is 0 Å². The maximum atomic E-state index is 8.74. The van der Waals surface area contributed by atoms with Crippen LogP contribution in [0.2, 0.25) is 0 Å². The SMILES string of the molecule is O=[Si](O)O.[Ca+2].[H+].[H-].[H-]. The van der Waals surface area contributed by atoms with Gasteiger partial charge < -0.3 is 12.4 Å². The molecule has 0 bridgehead atoms. The number of rotatable bonds is 0. The summed E-state index contributed by atoms with van der Waals surface area (Å²) in [6.07, 6.45) is 0. The molecule has 0 radical (unpaired) electrons. The molecule has 0 aromatic carbocycles. The minimum absolute atomic E-state index is 0. The molecule has 0 atom stereocenters.